The average Bonchev–Trinajstić information content (AvgIpc) is 2.89. The molecule has 1 aliphatic heterocycles. The minimum absolute atomic E-state index is 0.692. The molecule has 1 aliphatic rings. The zero-order valence-electron chi connectivity index (χ0n) is 11.2. The summed E-state index contributed by atoms with van der Waals surface area (Å²) in [4.78, 5) is 2.59. The second kappa shape index (κ2) is 5.69. The van der Waals surface area contributed by atoms with Crippen LogP contribution in [0, 0.1) is 0 Å². The first kappa shape index (κ1) is 12.7. The molecule has 2 rings (SSSR count). The van der Waals surface area contributed by atoms with E-state index in [0.717, 1.165) is 24.9 Å². The summed E-state index contributed by atoms with van der Waals surface area (Å²) >= 11 is 0. The maximum atomic E-state index is 5.64. The summed E-state index contributed by atoms with van der Waals surface area (Å²) in [7, 11) is 1.96. The van der Waals surface area contributed by atoms with Crippen LogP contribution in [-0.4, -0.2) is 24.0 Å². The summed E-state index contributed by atoms with van der Waals surface area (Å²) in [6, 6.07) is 3.61. The van der Waals surface area contributed by atoms with E-state index in [1.165, 1.54) is 24.8 Å². The monoisotopic (exact) mass is 236 g/mol. The number of nitrogens with zero attached hydrogens (tertiary/aromatic N) is 1. The van der Waals surface area contributed by atoms with Crippen molar-refractivity contribution < 1.29 is 4.42 Å². The Morgan fingerprint density at radius 2 is 2.29 bits per heavy atom. The largest absolute Gasteiger partial charge is 0.468 e. The van der Waals surface area contributed by atoms with E-state index in [1.54, 1.807) is 0 Å². The van der Waals surface area contributed by atoms with E-state index in [2.05, 4.69) is 30.1 Å². The number of hydrogen-bond donors (Lipinski definition) is 1. The van der Waals surface area contributed by atoms with Crippen LogP contribution in [0.1, 0.15) is 44.4 Å². The lowest BCUT2D eigenvalue weighted by molar-refractivity contribution is 0.175. The summed E-state index contributed by atoms with van der Waals surface area (Å²) in [5.74, 6) is 1.10. The van der Waals surface area contributed by atoms with Crippen molar-refractivity contribution in [2.45, 2.75) is 58.3 Å². The molecule has 1 aromatic rings. The Morgan fingerprint density at radius 1 is 1.47 bits per heavy atom. The Kier molecular flexibility index (Phi) is 4.24. The predicted octanol–water partition coefficient (Wildman–Crippen LogP) is 2.76. The maximum Gasteiger partial charge on any atom is 0.118 e. The molecule has 0 radical (unpaired) electrons. The van der Waals surface area contributed by atoms with Crippen molar-refractivity contribution in [2.75, 3.05) is 7.05 Å². The number of nitrogens with one attached hydrogen (secondary N) is 1. The lowest BCUT2D eigenvalue weighted by Crippen LogP contribution is -2.33. The fourth-order valence-corrected chi connectivity index (χ4v) is 2.83. The molecule has 0 amide bonds. The van der Waals surface area contributed by atoms with Gasteiger partial charge in [0.25, 0.3) is 0 Å². The van der Waals surface area contributed by atoms with E-state index < -0.39 is 0 Å². The number of likely N-dealkylation sites (tertiary alicyclic amines) is 1. The van der Waals surface area contributed by atoms with Crippen LogP contribution in [0.5, 0.6) is 0 Å². The summed E-state index contributed by atoms with van der Waals surface area (Å²) in [6.07, 6.45) is 5.77. The van der Waals surface area contributed by atoms with Crippen LogP contribution in [-0.2, 0) is 13.1 Å². The van der Waals surface area contributed by atoms with Crippen molar-refractivity contribution in [1.29, 1.82) is 0 Å². The fourth-order valence-electron chi connectivity index (χ4n) is 2.83. The Balaban J connectivity index is 1.98. The molecule has 0 aromatic carbocycles. The van der Waals surface area contributed by atoms with Gasteiger partial charge in [0.2, 0.25) is 0 Å². The molecule has 2 heterocycles. The van der Waals surface area contributed by atoms with Gasteiger partial charge in [-0.2, -0.15) is 0 Å². The van der Waals surface area contributed by atoms with E-state index in [-0.39, 0.29) is 0 Å². The van der Waals surface area contributed by atoms with Gasteiger partial charge in [-0.25, -0.2) is 0 Å². The Morgan fingerprint density at radius 3 is 3.00 bits per heavy atom. The molecule has 0 bridgehead atoms. The Bertz CT molecular complexity index is 348. The summed E-state index contributed by atoms with van der Waals surface area (Å²) < 4.78 is 5.64. The highest BCUT2D eigenvalue weighted by atomic mass is 16.3. The molecular weight excluding hydrogens is 212 g/mol. The van der Waals surface area contributed by atoms with Gasteiger partial charge in [-0.05, 0) is 39.3 Å². The molecule has 0 aliphatic carbocycles. The smallest absolute Gasteiger partial charge is 0.118 e. The van der Waals surface area contributed by atoms with E-state index in [9.17, 15) is 0 Å². The second-order valence-corrected chi connectivity index (χ2v) is 5.11. The van der Waals surface area contributed by atoms with Gasteiger partial charge in [0.05, 0.1) is 12.8 Å². The maximum absolute atomic E-state index is 5.64. The van der Waals surface area contributed by atoms with Crippen molar-refractivity contribution in [3.8, 4) is 0 Å². The third-order valence-electron chi connectivity index (χ3n) is 3.85. The van der Waals surface area contributed by atoms with Crippen molar-refractivity contribution in [3.63, 3.8) is 0 Å². The molecule has 0 saturated carbocycles. The quantitative estimate of drug-likeness (QED) is 0.852. The molecule has 17 heavy (non-hydrogen) atoms. The molecule has 2 atom stereocenters. The van der Waals surface area contributed by atoms with Crippen LogP contribution in [0.4, 0.5) is 0 Å². The molecule has 2 unspecified atom stereocenters. The van der Waals surface area contributed by atoms with Gasteiger partial charge in [-0.3, -0.25) is 4.90 Å². The third kappa shape index (κ3) is 2.90. The van der Waals surface area contributed by atoms with Crippen LogP contribution in [0.15, 0.2) is 16.7 Å². The first-order chi connectivity index (χ1) is 8.24. The standard InChI is InChI=1S/C14H24N2O/c1-4-13-6-5-11(2)16(13)9-14-7-12(8-15-3)10-17-14/h7,10-11,13,15H,4-6,8-9H2,1-3H3. The summed E-state index contributed by atoms with van der Waals surface area (Å²) in [6.45, 7) is 6.46. The van der Waals surface area contributed by atoms with E-state index in [1.807, 2.05) is 13.3 Å². The molecule has 96 valence electrons. The molecule has 1 aromatic heterocycles. The van der Waals surface area contributed by atoms with Crippen LogP contribution >= 0.6 is 0 Å². The van der Waals surface area contributed by atoms with Gasteiger partial charge in [-0.15, -0.1) is 0 Å². The fraction of sp³-hybridized carbons (Fsp3) is 0.714. The summed E-state index contributed by atoms with van der Waals surface area (Å²) in [5.41, 5.74) is 1.24. The minimum Gasteiger partial charge on any atom is -0.468 e. The van der Waals surface area contributed by atoms with Gasteiger partial charge < -0.3 is 9.73 Å². The van der Waals surface area contributed by atoms with Crippen LogP contribution < -0.4 is 5.32 Å². The Hall–Kier alpha value is -0.800. The van der Waals surface area contributed by atoms with Gasteiger partial charge in [-0.1, -0.05) is 6.92 Å². The van der Waals surface area contributed by atoms with Crippen LogP contribution in [0.25, 0.3) is 0 Å². The van der Waals surface area contributed by atoms with E-state index in [0.29, 0.717) is 6.04 Å². The van der Waals surface area contributed by atoms with E-state index >= 15 is 0 Å². The summed E-state index contributed by atoms with van der Waals surface area (Å²) in [5, 5.41) is 3.15. The van der Waals surface area contributed by atoms with Crippen LogP contribution in [0.3, 0.4) is 0 Å². The van der Waals surface area contributed by atoms with Crippen molar-refractivity contribution in [1.82, 2.24) is 10.2 Å². The first-order valence-corrected chi connectivity index (χ1v) is 6.71. The van der Waals surface area contributed by atoms with Gasteiger partial charge >= 0.3 is 0 Å². The number of hydrogen-bond acceptors (Lipinski definition) is 3. The third-order valence-corrected chi connectivity index (χ3v) is 3.85. The Labute approximate surface area is 104 Å². The highest BCUT2D eigenvalue weighted by molar-refractivity contribution is 5.13. The van der Waals surface area contributed by atoms with Crippen molar-refractivity contribution in [3.05, 3.63) is 23.7 Å². The molecule has 1 N–H and O–H groups in total. The van der Waals surface area contributed by atoms with Gasteiger partial charge in [0.15, 0.2) is 0 Å². The zero-order chi connectivity index (χ0) is 12.3. The highest BCUT2D eigenvalue weighted by Gasteiger charge is 2.29. The zero-order valence-corrected chi connectivity index (χ0v) is 11.2. The average molecular weight is 236 g/mol. The van der Waals surface area contributed by atoms with Crippen molar-refractivity contribution >= 4 is 0 Å². The molecule has 3 heteroatoms. The molecule has 3 nitrogen and oxygen atoms in total. The highest BCUT2D eigenvalue weighted by Crippen LogP contribution is 2.28. The topological polar surface area (TPSA) is 28.4 Å². The lowest BCUT2D eigenvalue weighted by atomic mass is 10.1. The predicted molar refractivity (Wildman–Crippen MR) is 69.8 cm³/mol. The molecular formula is C14H24N2O. The SMILES string of the molecule is CCC1CCC(C)N1Cc1cc(CNC)co1. The van der Waals surface area contributed by atoms with Crippen LogP contribution in [0.2, 0.25) is 0 Å². The molecule has 1 saturated heterocycles. The van der Waals surface area contributed by atoms with Gasteiger partial charge in [0, 0.05) is 24.2 Å². The number of rotatable bonds is 5. The van der Waals surface area contributed by atoms with E-state index in [4.69, 9.17) is 4.42 Å². The minimum atomic E-state index is 0.692. The molecule has 0 spiro atoms. The number of furan rings is 1. The second-order valence-electron chi connectivity index (χ2n) is 5.11. The van der Waals surface area contributed by atoms with Crippen molar-refractivity contribution in [2.24, 2.45) is 0 Å². The molecule has 1 fully saturated rings. The normalized spacial score (nSPS) is 25.6. The first-order valence-electron chi connectivity index (χ1n) is 6.71. The lowest BCUT2D eigenvalue weighted by Gasteiger charge is -2.26. The van der Waals surface area contributed by atoms with Gasteiger partial charge in [0.1, 0.15) is 5.76 Å².